The molecule has 82 valence electrons. The Hall–Kier alpha value is -1.01. The van der Waals surface area contributed by atoms with Crippen molar-refractivity contribution in [1.29, 1.82) is 0 Å². The highest BCUT2D eigenvalue weighted by atomic mass is 79.9. The van der Waals surface area contributed by atoms with E-state index in [1.165, 1.54) is 12.2 Å². The molecule has 0 aromatic heterocycles. The molecule has 1 heterocycles. The number of ether oxygens (including phenoxy) is 1. The Kier molecular flexibility index (Phi) is 2.94. The van der Waals surface area contributed by atoms with Crippen molar-refractivity contribution in [3.8, 4) is 0 Å². The van der Waals surface area contributed by atoms with Gasteiger partial charge in [0.15, 0.2) is 17.7 Å². The average Bonchev–Trinajstić information content (AvgIpc) is 2.50. The first-order valence-electron chi connectivity index (χ1n) is 4.25. The van der Waals surface area contributed by atoms with Crippen LogP contribution in [0.5, 0.6) is 0 Å². The van der Waals surface area contributed by atoms with Crippen LogP contribution in [0.1, 0.15) is 0 Å². The number of hydrogen-bond acceptors (Lipinski definition) is 4. The maximum atomic E-state index is 11.5. The van der Waals surface area contributed by atoms with Crippen molar-refractivity contribution in [2.45, 2.75) is 6.10 Å². The summed E-state index contributed by atoms with van der Waals surface area (Å²) in [5.74, 6) is -1.20. The monoisotopic (exact) mass is 346 g/mol. The summed E-state index contributed by atoms with van der Waals surface area (Å²) in [6, 6.07) is 0. The molecular weight excluding hydrogens is 344 g/mol. The highest BCUT2D eigenvalue weighted by Crippen LogP contribution is 2.35. The van der Waals surface area contributed by atoms with Gasteiger partial charge >= 0.3 is 5.97 Å². The van der Waals surface area contributed by atoms with Crippen molar-refractivity contribution in [1.82, 2.24) is 0 Å². The SMILES string of the molecule is O=C1C=CC(=O)C(C2OC(=O)C(Br)=C2Br)=C1. The number of halogens is 2. The lowest BCUT2D eigenvalue weighted by atomic mass is 9.99. The van der Waals surface area contributed by atoms with E-state index in [1.807, 2.05) is 0 Å². The van der Waals surface area contributed by atoms with E-state index in [2.05, 4.69) is 31.9 Å². The van der Waals surface area contributed by atoms with Gasteiger partial charge in [0.2, 0.25) is 0 Å². The minimum absolute atomic E-state index is 0.155. The standard InChI is InChI=1S/C10H4Br2O4/c11-7-8(12)10(15)16-9(7)5-3-4(13)1-2-6(5)14/h1-3,9H. The molecule has 1 aliphatic heterocycles. The quantitative estimate of drug-likeness (QED) is 0.533. The van der Waals surface area contributed by atoms with E-state index in [-0.39, 0.29) is 21.6 Å². The van der Waals surface area contributed by atoms with Crippen molar-refractivity contribution in [2.75, 3.05) is 0 Å². The van der Waals surface area contributed by atoms with E-state index < -0.39 is 12.1 Å². The molecule has 0 bridgehead atoms. The summed E-state index contributed by atoms with van der Waals surface area (Å²) in [7, 11) is 0. The van der Waals surface area contributed by atoms with E-state index in [0.29, 0.717) is 4.48 Å². The summed E-state index contributed by atoms with van der Waals surface area (Å²) >= 11 is 6.18. The lowest BCUT2D eigenvalue weighted by Crippen LogP contribution is -2.21. The summed E-state index contributed by atoms with van der Waals surface area (Å²) in [5.41, 5.74) is 0.155. The van der Waals surface area contributed by atoms with Gasteiger partial charge < -0.3 is 4.74 Å². The van der Waals surface area contributed by atoms with Gasteiger partial charge in [0.25, 0.3) is 0 Å². The fourth-order valence-electron chi connectivity index (χ4n) is 1.35. The molecule has 0 N–H and O–H groups in total. The fourth-order valence-corrected chi connectivity index (χ4v) is 2.16. The first kappa shape index (κ1) is 11.5. The van der Waals surface area contributed by atoms with Crippen molar-refractivity contribution < 1.29 is 19.1 Å². The van der Waals surface area contributed by atoms with Crippen LogP contribution in [0.3, 0.4) is 0 Å². The Morgan fingerprint density at radius 3 is 2.38 bits per heavy atom. The molecule has 0 amide bonds. The molecule has 0 aromatic carbocycles. The Morgan fingerprint density at radius 2 is 1.81 bits per heavy atom. The van der Waals surface area contributed by atoms with Gasteiger partial charge in [-0.2, -0.15) is 0 Å². The maximum Gasteiger partial charge on any atom is 0.347 e. The first-order chi connectivity index (χ1) is 7.50. The molecule has 2 aliphatic rings. The van der Waals surface area contributed by atoms with Crippen LogP contribution in [0.15, 0.2) is 32.8 Å². The lowest BCUT2D eigenvalue weighted by Gasteiger charge is -2.14. The van der Waals surface area contributed by atoms with Crippen molar-refractivity contribution in [3.05, 3.63) is 32.8 Å². The van der Waals surface area contributed by atoms with Gasteiger partial charge in [0, 0.05) is 5.57 Å². The molecule has 0 spiro atoms. The third-order valence-corrected chi connectivity index (χ3v) is 4.20. The number of ketones is 2. The molecule has 16 heavy (non-hydrogen) atoms. The van der Waals surface area contributed by atoms with E-state index in [0.717, 1.165) is 6.08 Å². The summed E-state index contributed by atoms with van der Waals surface area (Å²) in [6.45, 7) is 0. The zero-order chi connectivity index (χ0) is 11.9. The summed E-state index contributed by atoms with van der Waals surface area (Å²) in [4.78, 5) is 33.9. The normalized spacial score (nSPS) is 25.0. The largest absolute Gasteiger partial charge is 0.448 e. The third kappa shape index (κ3) is 1.82. The Labute approximate surface area is 107 Å². The zero-order valence-electron chi connectivity index (χ0n) is 7.70. The van der Waals surface area contributed by atoms with Crippen molar-refractivity contribution in [2.24, 2.45) is 0 Å². The molecule has 1 aliphatic carbocycles. The Balaban J connectivity index is 2.38. The topological polar surface area (TPSA) is 60.4 Å². The molecule has 0 saturated heterocycles. The van der Waals surface area contributed by atoms with Gasteiger partial charge in [0.05, 0.1) is 4.48 Å². The number of carbonyl (C=O) groups is 3. The van der Waals surface area contributed by atoms with Crippen LogP contribution in [0.25, 0.3) is 0 Å². The lowest BCUT2D eigenvalue weighted by molar-refractivity contribution is -0.138. The predicted octanol–water partition coefficient (Wildman–Crippen LogP) is 1.55. The van der Waals surface area contributed by atoms with Crippen LogP contribution < -0.4 is 0 Å². The zero-order valence-corrected chi connectivity index (χ0v) is 10.9. The van der Waals surface area contributed by atoms with E-state index in [4.69, 9.17) is 4.74 Å². The van der Waals surface area contributed by atoms with Gasteiger partial charge in [-0.15, -0.1) is 0 Å². The molecule has 0 aromatic rings. The van der Waals surface area contributed by atoms with Crippen LogP contribution in [0.2, 0.25) is 0 Å². The Bertz CT molecular complexity index is 499. The van der Waals surface area contributed by atoms with Crippen LogP contribution >= 0.6 is 31.9 Å². The van der Waals surface area contributed by atoms with Gasteiger partial charge in [0.1, 0.15) is 4.48 Å². The summed E-state index contributed by atoms with van der Waals surface area (Å²) in [6.07, 6.45) is 2.68. The van der Waals surface area contributed by atoms with Crippen LogP contribution in [-0.4, -0.2) is 23.6 Å². The molecular formula is C10H4Br2O4. The van der Waals surface area contributed by atoms with Crippen molar-refractivity contribution in [3.63, 3.8) is 0 Å². The molecule has 0 fully saturated rings. The second kappa shape index (κ2) is 4.10. The summed E-state index contributed by atoms with van der Waals surface area (Å²) < 4.78 is 5.61. The number of esters is 1. The van der Waals surface area contributed by atoms with Crippen LogP contribution in [-0.2, 0) is 19.1 Å². The second-order valence-corrected chi connectivity index (χ2v) is 4.79. The minimum Gasteiger partial charge on any atom is -0.448 e. The molecule has 4 nitrogen and oxygen atoms in total. The molecule has 2 rings (SSSR count). The Morgan fingerprint density at radius 1 is 1.12 bits per heavy atom. The fraction of sp³-hybridized carbons (Fsp3) is 0.100. The van der Waals surface area contributed by atoms with Gasteiger partial charge in [-0.1, -0.05) is 0 Å². The third-order valence-electron chi connectivity index (χ3n) is 2.11. The maximum absolute atomic E-state index is 11.5. The molecule has 0 saturated carbocycles. The predicted molar refractivity (Wildman–Crippen MR) is 62.0 cm³/mol. The van der Waals surface area contributed by atoms with Gasteiger partial charge in [-0.25, -0.2) is 4.79 Å². The van der Waals surface area contributed by atoms with E-state index >= 15 is 0 Å². The van der Waals surface area contributed by atoms with Gasteiger partial charge in [-0.3, -0.25) is 9.59 Å². The smallest absolute Gasteiger partial charge is 0.347 e. The van der Waals surface area contributed by atoms with E-state index in [9.17, 15) is 14.4 Å². The highest BCUT2D eigenvalue weighted by Gasteiger charge is 2.36. The minimum atomic E-state index is -0.830. The molecule has 0 radical (unpaired) electrons. The summed E-state index contributed by atoms with van der Waals surface area (Å²) in [5, 5.41) is 0. The highest BCUT2D eigenvalue weighted by molar-refractivity contribution is 9.14. The number of carbonyl (C=O) groups excluding carboxylic acids is 3. The molecule has 1 atom stereocenters. The van der Waals surface area contributed by atoms with Crippen molar-refractivity contribution >= 4 is 49.4 Å². The molecule has 1 unspecified atom stereocenters. The second-order valence-electron chi connectivity index (χ2n) is 3.15. The van der Waals surface area contributed by atoms with Gasteiger partial charge in [-0.05, 0) is 50.1 Å². The molecule has 6 heteroatoms. The van der Waals surface area contributed by atoms with Crippen LogP contribution in [0, 0.1) is 0 Å². The first-order valence-corrected chi connectivity index (χ1v) is 5.83. The average molecular weight is 348 g/mol. The van der Waals surface area contributed by atoms with Crippen LogP contribution in [0.4, 0.5) is 0 Å². The number of cyclic esters (lactones) is 1. The number of rotatable bonds is 1. The number of allylic oxidation sites excluding steroid dienone is 3. The van der Waals surface area contributed by atoms with E-state index in [1.54, 1.807) is 0 Å². The number of hydrogen-bond donors (Lipinski definition) is 0.